The van der Waals surface area contributed by atoms with Crippen LogP contribution in [0.15, 0.2) is 18.2 Å². The van der Waals surface area contributed by atoms with Crippen molar-refractivity contribution in [2.45, 2.75) is 71.4 Å². The second-order valence-corrected chi connectivity index (χ2v) is 6.51. The monoisotopic (exact) mass is 289 g/mol. The zero-order valence-corrected chi connectivity index (χ0v) is 14.2. The van der Waals surface area contributed by atoms with Crippen LogP contribution in [0.5, 0.6) is 0 Å². The fourth-order valence-corrected chi connectivity index (χ4v) is 3.85. The normalized spacial score (nSPS) is 18.9. The molecule has 21 heavy (non-hydrogen) atoms. The summed E-state index contributed by atoms with van der Waals surface area (Å²) in [7, 11) is 0. The minimum absolute atomic E-state index is 0.00977. The van der Waals surface area contributed by atoms with Gasteiger partial charge in [-0.1, -0.05) is 49.1 Å². The van der Waals surface area contributed by atoms with Crippen LogP contribution < -0.4 is 5.32 Å². The summed E-state index contributed by atoms with van der Waals surface area (Å²) in [5.74, 6) is 0. The summed E-state index contributed by atoms with van der Waals surface area (Å²) >= 11 is 0. The second-order valence-electron chi connectivity index (χ2n) is 6.51. The minimum atomic E-state index is -0.00977. The molecule has 1 fully saturated rings. The van der Waals surface area contributed by atoms with Gasteiger partial charge in [0.15, 0.2) is 0 Å². The number of hydrogen-bond donors (Lipinski definition) is 1. The molecule has 0 aromatic heterocycles. The van der Waals surface area contributed by atoms with Crippen molar-refractivity contribution in [1.29, 1.82) is 0 Å². The maximum Gasteiger partial charge on any atom is 0.0876 e. The van der Waals surface area contributed by atoms with Gasteiger partial charge < -0.3 is 10.1 Å². The number of aryl methyl sites for hydroxylation is 2. The van der Waals surface area contributed by atoms with Gasteiger partial charge >= 0.3 is 0 Å². The number of rotatable bonds is 7. The quantitative estimate of drug-likeness (QED) is 0.786. The standard InChI is InChI=1S/C19H31NO/c1-5-11-20-18(17-13-15(3)12-16(4)14-17)19(21-6-2)9-7-8-10-19/h12-14,18,20H,5-11H2,1-4H3. The van der Waals surface area contributed by atoms with Crippen molar-refractivity contribution in [2.75, 3.05) is 13.2 Å². The molecule has 1 saturated carbocycles. The van der Waals surface area contributed by atoms with Gasteiger partial charge in [-0.2, -0.15) is 0 Å². The number of benzene rings is 1. The highest BCUT2D eigenvalue weighted by Gasteiger charge is 2.42. The molecule has 0 amide bonds. The fourth-order valence-electron chi connectivity index (χ4n) is 3.85. The predicted octanol–water partition coefficient (Wildman–Crippen LogP) is 4.69. The molecule has 1 aliphatic carbocycles. The largest absolute Gasteiger partial charge is 0.373 e. The van der Waals surface area contributed by atoms with Crippen LogP contribution in [0, 0.1) is 13.8 Å². The first kappa shape index (κ1) is 16.5. The lowest BCUT2D eigenvalue weighted by molar-refractivity contribution is -0.0626. The maximum absolute atomic E-state index is 6.32. The average Bonchev–Trinajstić information content (AvgIpc) is 2.88. The minimum Gasteiger partial charge on any atom is -0.373 e. The van der Waals surface area contributed by atoms with Gasteiger partial charge in [0, 0.05) is 6.61 Å². The maximum atomic E-state index is 6.32. The van der Waals surface area contributed by atoms with E-state index < -0.39 is 0 Å². The van der Waals surface area contributed by atoms with E-state index in [0.717, 1.165) is 19.6 Å². The molecular weight excluding hydrogens is 258 g/mol. The molecule has 0 bridgehead atoms. The van der Waals surface area contributed by atoms with Gasteiger partial charge in [-0.05, 0) is 52.1 Å². The first-order chi connectivity index (χ1) is 10.1. The van der Waals surface area contributed by atoms with Gasteiger partial charge in [0.1, 0.15) is 0 Å². The molecule has 0 heterocycles. The number of hydrogen-bond acceptors (Lipinski definition) is 2. The molecule has 2 nitrogen and oxygen atoms in total. The lowest BCUT2D eigenvalue weighted by Gasteiger charge is -2.38. The van der Waals surface area contributed by atoms with E-state index in [1.807, 2.05) is 0 Å². The lowest BCUT2D eigenvalue weighted by atomic mass is 9.85. The van der Waals surface area contributed by atoms with E-state index in [2.05, 4.69) is 51.2 Å². The number of nitrogens with one attached hydrogen (secondary N) is 1. The van der Waals surface area contributed by atoms with Crippen LogP contribution in [0.3, 0.4) is 0 Å². The predicted molar refractivity (Wildman–Crippen MR) is 89.8 cm³/mol. The van der Waals surface area contributed by atoms with Crippen LogP contribution in [0.4, 0.5) is 0 Å². The zero-order chi connectivity index (χ0) is 15.3. The Morgan fingerprint density at radius 1 is 1.10 bits per heavy atom. The van der Waals surface area contributed by atoms with Crippen LogP contribution in [0.25, 0.3) is 0 Å². The average molecular weight is 289 g/mol. The van der Waals surface area contributed by atoms with E-state index in [9.17, 15) is 0 Å². The smallest absolute Gasteiger partial charge is 0.0876 e. The molecule has 1 atom stereocenters. The van der Waals surface area contributed by atoms with Crippen molar-refractivity contribution in [3.8, 4) is 0 Å². The van der Waals surface area contributed by atoms with E-state index in [4.69, 9.17) is 4.74 Å². The van der Waals surface area contributed by atoms with Crippen molar-refractivity contribution in [3.05, 3.63) is 34.9 Å². The van der Waals surface area contributed by atoms with Crippen LogP contribution in [-0.2, 0) is 4.74 Å². The van der Waals surface area contributed by atoms with Crippen LogP contribution in [0.2, 0.25) is 0 Å². The van der Waals surface area contributed by atoms with Crippen molar-refractivity contribution in [1.82, 2.24) is 5.32 Å². The third-order valence-electron chi connectivity index (χ3n) is 4.58. The van der Waals surface area contributed by atoms with E-state index in [0.29, 0.717) is 6.04 Å². The Hall–Kier alpha value is -0.860. The Kier molecular flexibility index (Phi) is 5.83. The van der Waals surface area contributed by atoms with Crippen molar-refractivity contribution in [3.63, 3.8) is 0 Å². The molecular formula is C19H31NO. The molecule has 1 N–H and O–H groups in total. The third-order valence-corrected chi connectivity index (χ3v) is 4.58. The van der Waals surface area contributed by atoms with Crippen LogP contribution >= 0.6 is 0 Å². The molecule has 118 valence electrons. The molecule has 1 aromatic rings. The zero-order valence-electron chi connectivity index (χ0n) is 14.2. The fraction of sp³-hybridized carbons (Fsp3) is 0.684. The summed E-state index contributed by atoms with van der Waals surface area (Å²) < 4.78 is 6.32. The summed E-state index contributed by atoms with van der Waals surface area (Å²) in [6, 6.07) is 7.24. The van der Waals surface area contributed by atoms with Crippen LogP contribution in [0.1, 0.15) is 68.7 Å². The van der Waals surface area contributed by atoms with Crippen molar-refractivity contribution >= 4 is 0 Å². The molecule has 0 aliphatic heterocycles. The highest BCUT2D eigenvalue weighted by atomic mass is 16.5. The SMILES string of the molecule is CCCNC(c1cc(C)cc(C)c1)C1(OCC)CCCC1. The lowest BCUT2D eigenvalue weighted by Crippen LogP contribution is -2.44. The summed E-state index contributed by atoms with van der Waals surface area (Å²) in [5, 5.41) is 3.78. The van der Waals surface area contributed by atoms with Gasteiger partial charge in [0.25, 0.3) is 0 Å². The van der Waals surface area contributed by atoms with Gasteiger partial charge in [-0.3, -0.25) is 0 Å². The first-order valence-corrected chi connectivity index (χ1v) is 8.57. The van der Waals surface area contributed by atoms with Gasteiger partial charge in [0.2, 0.25) is 0 Å². The highest BCUT2D eigenvalue weighted by Crippen LogP contribution is 2.43. The van der Waals surface area contributed by atoms with Crippen LogP contribution in [-0.4, -0.2) is 18.8 Å². The molecule has 2 rings (SSSR count). The van der Waals surface area contributed by atoms with Crippen molar-refractivity contribution < 1.29 is 4.74 Å². The Morgan fingerprint density at radius 2 is 1.71 bits per heavy atom. The summed E-state index contributed by atoms with van der Waals surface area (Å²) in [4.78, 5) is 0. The molecule has 0 spiro atoms. The second kappa shape index (κ2) is 7.42. The van der Waals surface area contributed by atoms with Gasteiger partial charge in [-0.15, -0.1) is 0 Å². The molecule has 1 unspecified atom stereocenters. The molecule has 0 saturated heterocycles. The van der Waals surface area contributed by atoms with Crippen molar-refractivity contribution in [2.24, 2.45) is 0 Å². The molecule has 1 aliphatic rings. The van der Waals surface area contributed by atoms with Gasteiger partial charge in [0.05, 0.1) is 11.6 Å². The molecule has 2 heteroatoms. The third kappa shape index (κ3) is 3.87. The van der Waals surface area contributed by atoms with E-state index in [-0.39, 0.29) is 5.60 Å². The highest BCUT2D eigenvalue weighted by molar-refractivity contribution is 5.32. The Labute approximate surface area is 130 Å². The Morgan fingerprint density at radius 3 is 2.24 bits per heavy atom. The Balaban J connectivity index is 2.36. The summed E-state index contributed by atoms with van der Waals surface area (Å²) in [6.07, 6.45) is 6.08. The Bertz CT molecular complexity index is 429. The summed E-state index contributed by atoms with van der Waals surface area (Å²) in [5.41, 5.74) is 4.08. The van der Waals surface area contributed by atoms with E-state index >= 15 is 0 Å². The van der Waals surface area contributed by atoms with E-state index in [1.165, 1.54) is 42.4 Å². The topological polar surface area (TPSA) is 21.3 Å². The number of ether oxygens (including phenoxy) is 1. The van der Waals surface area contributed by atoms with Gasteiger partial charge in [-0.25, -0.2) is 0 Å². The summed E-state index contributed by atoms with van der Waals surface area (Å²) in [6.45, 7) is 10.6. The first-order valence-electron chi connectivity index (χ1n) is 8.57. The molecule has 0 radical (unpaired) electrons. The van der Waals surface area contributed by atoms with E-state index in [1.54, 1.807) is 0 Å². The molecule has 1 aromatic carbocycles.